The quantitative estimate of drug-likeness (QED) is 0.697. The Hall–Kier alpha value is -0.540. The van der Waals surface area contributed by atoms with Crippen LogP contribution in [-0.2, 0) is 0 Å². The Balaban J connectivity index is 2.28. The Morgan fingerprint density at radius 2 is 2.38 bits per heavy atom. The third-order valence-corrected chi connectivity index (χ3v) is 2.80. The molecule has 1 atom stereocenters. The van der Waals surface area contributed by atoms with E-state index in [1.54, 1.807) is 0 Å². The van der Waals surface area contributed by atoms with Gasteiger partial charge in [-0.05, 0) is 45.0 Å². The van der Waals surface area contributed by atoms with Gasteiger partial charge in [0.2, 0.25) is 0 Å². The van der Waals surface area contributed by atoms with Crippen LogP contribution < -0.4 is 0 Å². The lowest BCUT2D eigenvalue weighted by molar-refractivity contribution is 0.309. The molecule has 0 aliphatic carbocycles. The summed E-state index contributed by atoms with van der Waals surface area (Å²) in [5, 5.41) is 0.257. The molecule has 0 radical (unpaired) electrons. The second-order valence-electron chi connectivity index (χ2n) is 3.55. The molecule has 2 heterocycles. The largest absolute Gasteiger partial charge is 0.433 e. The number of aryl methyl sites for hydroxylation is 1. The topological polar surface area (TPSA) is 29.3 Å². The minimum absolute atomic E-state index is 0.257. The van der Waals surface area contributed by atoms with E-state index < -0.39 is 0 Å². The average molecular weight is 201 g/mol. The molecule has 0 amide bonds. The summed E-state index contributed by atoms with van der Waals surface area (Å²) in [7, 11) is 2.11. The van der Waals surface area contributed by atoms with E-state index in [-0.39, 0.29) is 5.35 Å². The Kier molecular flexibility index (Phi) is 2.30. The van der Waals surface area contributed by atoms with Gasteiger partial charge in [-0.3, -0.25) is 4.90 Å². The Bertz CT molecular complexity index is 311. The average Bonchev–Trinajstić information content (AvgIpc) is 2.58. The van der Waals surface area contributed by atoms with Crippen LogP contribution in [0.3, 0.4) is 0 Å². The van der Waals surface area contributed by atoms with Gasteiger partial charge in [0.05, 0.1) is 6.04 Å². The van der Waals surface area contributed by atoms with Gasteiger partial charge < -0.3 is 4.42 Å². The van der Waals surface area contributed by atoms with Crippen LogP contribution in [0, 0.1) is 6.92 Å². The Labute approximate surface area is 82.7 Å². The minimum atomic E-state index is 0.257. The number of hydrogen-bond donors (Lipinski definition) is 0. The second-order valence-corrected chi connectivity index (χ2v) is 3.87. The maximum Gasteiger partial charge on any atom is 0.292 e. The molecule has 0 N–H and O–H groups in total. The number of oxazole rings is 1. The summed E-state index contributed by atoms with van der Waals surface area (Å²) < 4.78 is 5.20. The van der Waals surface area contributed by atoms with Crippen LogP contribution in [-0.4, -0.2) is 23.5 Å². The van der Waals surface area contributed by atoms with Crippen LogP contribution in [0.4, 0.5) is 0 Å². The number of aromatic nitrogens is 1. The lowest BCUT2D eigenvalue weighted by atomic mass is 10.1. The molecule has 4 heteroatoms. The molecule has 0 saturated carbocycles. The summed E-state index contributed by atoms with van der Waals surface area (Å²) >= 11 is 5.70. The SMILES string of the molecule is Cc1oc(Cl)nc1C1CCCN1C. The van der Waals surface area contributed by atoms with Gasteiger partial charge in [0.1, 0.15) is 11.5 Å². The van der Waals surface area contributed by atoms with Gasteiger partial charge in [-0.2, -0.15) is 0 Å². The Morgan fingerprint density at radius 3 is 2.85 bits per heavy atom. The molecule has 1 fully saturated rings. The highest BCUT2D eigenvalue weighted by molar-refractivity contribution is 6.27. The van der Waals surface area contributed by atoms with Crippen molar-refractivity contribution in [3.63, 3.8) is 0 Å². The summed E-state index contributed by atoms with van der Waals surface area (Å²) in [4.78, 5) is 6.49. The van der Waals surface area contributed by atoms with E-state index in [1.165, 1.54) is 6.42 Å². The normalized spacial score (nSPS) is 24.1. The molecule has 0 bridgehead atoms. The fourth-order valence-electron chi connectivity index (χ4n) is 1.94. The van der Waals surface area contributed by atoms with Crippen molar-refractivity contribution in [2.75, 3.05) is 13.6 Å². The van der Waals surface area contributed by atoms with Crippen molar-refractivity contribution in [2.45, 2.75) is 25.8 Å². The molecule has 1 aromatic heterocycles. The summed E-state index contributed by atoms with van der Waals surface area (Å²) in [6.45, 7) is 3.05. The lowest BCUT2D eigenvalue weighted by Crippen LogP contribution is -2.18. The van der Waals surface area contributed by atoms with Gasteiger partial charge in [0, 0.05) is 0 Å². The molecule has 2 rings (SSSR count). The number of rotatable bonds is 1. The van der Waals surface area contributed by atoms with Crippen molar-refractivity contribution in [1.29, 1.82) is 0 Å². The van der Waals surface area contributed by atoms with Gasteiger partial charge in [0.25, 0.3) is 5.35 Å². The Morgan fingerprint density at radius 1 is 1.62 bits per heavy atom. The second kappa shape index (κ2) is 3.31. The molecule has 0 aromatic carbocycles. The first-order valence-corrected chi connectivity index (χ1v) is 4.89. The predicted octanol–water partition coefficient (Wildman–Crippen LogP) is 2.40. The van der Waals surface area contributed by atoms with Crippen LogP contribution in [0.15, 0.2) is 4.42 Å². The van der Waals surface area contributed by atoms with Gasteiger partial charge >= 0.3 is 0 Å². The first kappa shape index (κ1) is 9.03. The maximum atomic E-state index is 5.70. The standard InChI is InChI=1S/C9H13ClN2O/c1-6-8(11-9(10)13-6)7-4-3-5-12(7)2/h7H,3-5H2,1-2H3. The zero-order valence-electron chi connectivity index (χ0n) is 7.88. The molecule has 1 aliphatic heterocycles. The van der Waals surface area contributed by atoms with E-state index >= 15 is 0 Å². The van der Waals surface area contributed by atoms with Crippen LogP contribution in [0.1, 0.15) is 30.3 Å². The number of hydrogen-bond acceptors (Lipinski definition) is 3. The lowest BCUT2D eigenvalue weighted by Gasteiger charge is -2.16. The predicted molar refractivity (Wildman–Crippen MR) is 50.9 cm³/mol. The van der Waals surface area contributed by atoms with E-state index in [0.717, 1.165) is 24.4 Å². The van der Waals surface area contributed by atoms with E-state index in [2.05, 4.69) is 16.9 Å². The highest BCUT2D eigenvalue weighted by Gasteiger charge is 2.27. The van der Waals surface area contributed by atoms with E-state index in [9.17, 15) is 0 Å². The van der Waals surface area contributed by atoms with Gasteiger partial charge in [-0.1, -0.05) is 0 Å². The third kappa shape index (κ3) is 1.58. The summed E-state index contributed by atoms with van der Waals surface area (Å²) in [6.07, 6.45) is 2.38. The fraction of sp³-hybridized carbons (Fsp3) is 0.667. The number of nitrogens with zero attached hydrogens (tertiary/aromatic N) is 2. The molecule has 72 valence electrons. The molecule has 1 unspecified atom stereocenters. The molecule has 1 saturated heterocycles. The van der Waals surface area contributed by atoms with Gasteiger partial charge in [0.15, 0.2) is 0 Å². The summed E-state index contributed by atoms with van der Waals surface area (Å²) in [5.74, 6) is 0.851. The molecule has 3 nitrogen and oxygen atoms in total. The molecule has 0 spiro atoms. The molecular formula is C9H13ClN2O. The number of likely N-dealkylation sites (tertiary alicyclic amines) is 1. The van der Waals surface area contributed by atoms with Crippen LogP contribution in [0.5, 0.6) is 0 Å². The van der Waals surface area contributed by atoms with Crippen molar-refractivity contribution >= 4 is 11.6 Å². The van der Waals surface area contributed by atoms with Crippen molar-refractivity contribution in [3.8, 4) is 0 Å². The molecule has 13 heavy (non-hydrogen) atoms. The highest BCUT2D eigenvalue weighted by Crippen LogP contribution is 2.32. The van der Waals surface area contributed by atoms with E-state index in [0.29, 0.717) is 6.04 Å². The van der Waals surface area contributed by atoms with E-state index in [4.69, 9.17) is 16.0 Å². The highest BCUT2D eigenvalue weighted by atomic mass is 35.5. The monoisotopic (exact) mass is 200 g/mol. The molecular weight excluding hydrogens is 188 g/mol. The van der Waals surface area contributed by atoms with Gasteiger partial charge in [-0.15, -0.1) is 0 Å². The van der Waals surface area contributed by atoms with Crippen LogP contribution >= 0.6 is 11.6 Å². The van der Waals surface area contributed by atoms with E-state index in [1.807, 2.05) is 6.92 Å². The van der Waals surface area contributed by atoms with Crippen molar-refractivity contribution < 1.29 is 4.42 Å². The van der Waals surface area contributed by atoms with Crippen molar-refractivity contribution in [1.82, 2.24) is 9.88 Å². The van der Waals surface area contributed by atoms with Crippen molar-refractivity contribution in [3.05, 3.63) is 16.8 Å². The summed E-state index contributed by atoms with van der Waals surface area (Å²) in [6, 6.07) is 0.399. The summed E-state index contributed by atoms with van der Waals surface area (Å²) in [5.41, 5.74) is 1.00. The van der Waals surface area contributed by atoms with Gasteiger partial charge in [-0.25, -0.2) is 4.98 Å². The van der Waals surface area contributed by atoms with Crippen molar-refractivity contribution in [2.24, 2.45) is 0 Å². The minimum Gasteiger partial charge on any atom is -0.433 e. The number of halogens is 1. The third-order valence-electron chi connectivity index (χ3n) is 2.64. The van der Waals surface area contributed by atoms with Crippen LogP contribution in [0.2, 0.25) is 5.35 Å². The maximum absolute atomic E-state index is 5.70. The molecule has 1 aliphatic rings. The first-order valence-electron chi connectivity index (χ1n) is 4.51. The zero-order chi connectivity index (χ0) is 9.42. The smallest absolute Gasteiger partial charge is 0.292 e. The zero-order valence-corrected chi connectivity index (χ0v) is 8.64. The fourth-order valence-corrected chi connectivity index (χ4v) is 2.15. The van der Waals surface area contributed by atoms with Crippen LogP contribution in [0.25, 0.3) is 0 Å². The molecule has 1 aromatic rings. The first-order chi connectivity index (χ1) is 6.18.